The van der Waals surface area contributed by atoms with Gasteiger partial charge in [0.2, 0.25) is 0 Å². The van der Waals surface area contributed by atoms with Crippen molar-refractivity contribution in [3.05, 3.63) is 0 Å². The van der Waals surface area contributed by atoms with E-state index in [9.17, 15) is 50.3 Å². The maximum Gasteiger partial charge on any atom is 0.422 e. The van der Waals surface area contributed by atoms with E-state index in [1.54, 1.807) is 20.8 Å². The van der Waals surface area contributed by atoms with Gasteiger partial charge in [0, 0.05) is 0 Å². The summed E-state index contributed by atoms with van der Waals surface area (Å²) in [6.45, 7) is 6.58. The molecule has 0 heterocycles. The molecule has 3 atom stereocenters. The lowest BCUT2D eigenvalue weighted by Crippen LogP contribution is -2.53. The molecule has 0 N–H and O–H groups in total. The smallest absolute Gasteiger partial charge is 0.422 e. The van der Waals surface area contributed by atoms with E-state index in [-0.39, 0.29) is 66.1 Å². The summed E-state index contributed by atoms with van der Waals surface area (Å²) in [6.07, 6.45) is -1.67. The summed E-state index contributed by atoms with van der Waals surface area (Å²) in [5.74, 6) is -5.84. The molecule has 0 saturated heterocycles. The minimum absolute atomic E-state index is 0. The quantitative estimate of drug-likeness (QED) is 0.0764. The summed E-state index contributed by atoms with van der Waals surface area (Å²) in [5, 5.41) is 0. The molecule has 0 aromatic rings. The predicted octanol–water partition coefficient (Wildman–Crippen LogP) is 10.2. The number of ether oxygens (including phenoxy) is 5. The zero-order valence-electron chi connectivity index (χ0n) is 31.4. The van der Waals surface area contributed by atoms with Crippen LogP contribution < -0.4 is 0 Å². The second-order valence-electron chi connectivity index (χ2n) is 16.4. The van der Waals surface area contributed by atoms with Crippen molar-refractivity contribution in [2.75, 3.05) is 26.4 Å². The third-order valence-corrected chi connectivity index (χ3v) is 11.3. The van der Waals surface area contributed by atoms with Crippen molar-refractivity contribution < 1.29 is 74.0 Å². The van der Waals surface area contributed by atoms with Crippen LogP contribution in [0.2, 0.25) is 0 Å². The van der Waals surface area contributed by atoms with Crippen LogP contribution in [0.1, 0.15) is 142 Å². The number of rotatable bonds is 13. The molecule has 0 spiro atoms. The van der Waals surface area contributed by atoms with Crippen molar-refractivity contribution >= 4 is 29.8 Å². The number of alkyl halides is 6. The van der Waals surface area contributed by atoms with Crippen molar-refractivity contribution in [2.45, 2.75) is 160 Å². The first kappa shape index (κ1) is 56.0. The lowest BCUT2D eigenvalue weighted by atomic mass is 9.54. The van der Waals surface area contributed by atoms with Crippen LogP contribution in [0, 0.1) is 46.3 Å². The third-order valence-electron chi connectivity index (χ3n) is 11.3. The molecule has 5 aliphatic carbocycles. The molecule has 5 rings (SSSR count). The SMILES string of the molecule is C.C.C.C.CCC(C)(C)C(=O)OC12CC3CC(CC(C3)C1)C2.CCC(C)(C)C(=O)OCCOC(=O)C1CC(C(=O)OCC(F)(F)F)CCC1C(=O)OCC(F)(F)F. The summed E-state index contributed by atoms with van der Waals surface area (Å²) in [7, 11) is 0. The minimum atomic E-state index is -4.82. The standard InChI is InChI=1S/C21H28F6O8.C16H26O2.4CH4/c1-4-19(2,3)18(31)33-8-7-32-17(30)14-9-12(15(28)34-10-20(22,23)24)5-6-13(14)16(29)35-11-21(25,26)27;1-4-15(2,3)14(17)18-16-8-11-5-12(9-16)7-13(6-11)10-16;;;;/h12-14H,4-11H2,1-3H3;11-13H,4-10H2,1-3H3;4*1H4. The largest absolute Gasteiger partial charge is 0.462 e. The highest BCUT2D eigenvalue weighted by Crippen LogP contribution is 2.57. The maximum atomic E-state index is 12.6. The number of carbonyl (C=O) groups is 5. The molecule has 0 aliphatic heterocycles. The molecular weight excluding hydrogens is 766 g/mol. The van der Waals surface area contributed by atoms with Crippen LogP contribution in [-0.4, -0.2) is 74.2 Å². The second kappa shape index (κ2) is 22.3. The molecule has 0 amide bonds. The van der Waals surface area contributed by atoms with E-state index in [1.807, 2.05) is 13.8 Å². The average Bonchev–Trinajstić information content (AvgIpc) is 3.06. The molecule has 10 nitrogen and oxygen atoms in total. The van der Waals surface area contributed by atoms with Crippen LogP contribution in [0.25, 0.3) is 0 Å². The maximum absolute atomic E-state index is 12.6. The first-order valence-electron chi connectivity index (χ1n) is 18.4. The van der Waals surface area contributed by atoms with Crippen molar-refractivity contribution in [3.8, 4) is 0 Å². The topological polar surface area (TPSA) is 132 Å². The van der Waals surface area contributed by atoms with Gasteiger partial charge in [-0.1, -0.05) is 43.6 Å². The Morgan fingerprint density at radius 2 is 0.947 bits per heavy atom. The van der Waals surface area contributed by atoms with Gasteiger partial charge in [-0.15, -0.1) is 0 Å². The zero-order valence-corrected chi connectivity index (χ0v) is 31.4. The van der Waals surface area contributed by atoms with E-state index in [1.165, 1.54) is 19.3 Å². The minimum Gasteiger partial charge on any atom is -0.462 e. The van der Waals surface area contributed by atoms with E-state index in [2.05, 4.69) is 16.4 Å². The fraction of sp³-hybridized carbons (Fsp3) is 0.878. The van der Waals surface area contributed by atoms with Gasteiger partial charge in [0.25, 0.3) is 0 Å². The molecule has 5 fully saturated rings. The Balaban J connectivity index is 0. The third kappa shape index (κ3) is 16.6. The van der Waals surface area contributed by atoms with Gasteiger partial charge in [-0.05, 0) is 116 Å². The van der Waals surface area contributed by atoms with Gasteiger partial charge in [0.05, 0.1) is 28.6 Å². The van der Waals surface area contributed by atoms with Gasteiger partial charge in [-0.2, -0.15) is 26.3 Å². The van der Waals surface area contributed by atoms with Crippen LogP contribution in [0.3, 0.4) is 0 Å². The van der Waals surface area contributed by atoms with Gasteiger partial charge in [-0.25, -0.2) is 0 Å². The molecular formula is C41H70F6O10. The Morgan fingerprint density at radius 1 is 0.544 bits per heavy atom. The van der Waals surface area contributed by atoms with Crippen LogP contribution in [-0.2, 0) is 47.7 Å². The van der Waals surface area contributed by atoms with E-state index in [0.717, 1.165) is 43.4 Å². The molecule has 4 bridgehead atoms. The Kier molecular flexibility index (Phi) is 22.0. The van der Waals surface area contributed by atoms with E-state index >= 15 is 0 Å². The predicted molar refractivity (Wildman–Crippen MR) is 202 cm³/mol. The number of hydrogen-bond donors (Lipinski definition) is 0. The van der Waals surface area contributed by atoms with E-state index < -0.39 is 85.6 Å². The Bertz CT molecular complexity index is 1270. The molecule has 0 radical (unpaired) electrons. The van der Waals surface area contributed by atoms with Gasteiger partial charge >= 0.3 is 42.2 Å². The van der Waals surface area contributed by atoms with E-state index in [0.29, 0.717) is 6.42 Å². The number of carbonyl (C=O) groups excluding carboxylic acids is 5. The first-order valence-corrected chi connectivity index (χ1v) is 18.4. The summed E-state index contributed by atoms with van der Waals surface area (Å²) in [5.41, 5.74) is -1.17. The lowest BCUT2D eigenvalue weighted by Gasteiger charge is -2.56. The number of halogens is 6. The molecule has 5 saturated carbocycles. The average molecular weight is 837 g/mol. The molecule has 0 aromatic heterocycles. The van der Waals surface area contributed by atoms with Crippen LogP contribution in [0.5, 0.6) is 0 Å². The molecule has 336 valence electrons. The highest BCUT2D eigenvalue weighted by Gasteiger charge is 2.54. The van der Waals surface area contributed by atoms with Gasteiger partial charge in [0.15, 0.2) is 13.2 Å². The Morgan fingerprint density at radius 3 is 1.39 bits per heavy atom. The summed E-state index contributed by atoms with van der Waals surface area (Å²) in [6, 6.07) is 0. The Labute approximate surface area is 336 Å². The Hall–Kier alpha value is -3.07. The number of esters is 5. The fourth-order valence-electron chi connectivity index (χ4n) is 7.82. The highest BCUT2D eigenvalue weighted by molar-refractivity contribution is 5.84. The first-order chi connectivity index (χ1) is 24.4. The van der Waals surface area contributed by atoms with Crippen LogP contribution in [0.4, 0.5) is 26.3 Å². The van der Waals surface area contributed by atoms with Crippen molar-refractivity contribution in [2.24, 2.45) is 46.3 Å². The molecule has 16 heteroatoms. The van der Waals surface area contributed by atoms with Gasteiger partial charge in [-0.3, -0.25) is 24.0 Å². The molecule has 3 unspecified atom stereocenters. The normalized spacial score (nSPS) is 26.2. The lowest BCUT2D eigenvalue weighted by molar-refractivity contribution is -0.196. The van der Waals surface area contributed by atoms with Crippen LogP contribution >= 0.6 is 0 Å². The van der Waals surface area contributed by atoms with Crippen molar-refractivity contribution in [1.82, 2.24) is 0 Å². The molecule has 5 aliphatic rings. The fourth-order valence-corrected chi connectivity index (χ4v) is 7.82. The molecule has 57 heavy (non-hydrogen) atoms. The van der Waals surface area contributed by atoms with Crippen molar-refractivity contribution in [3.63, 3.8) is 0 Å². The van der Waals surface area contributed by atoms with Crippen molar-refractivity contribution in [1.29, 1.82) is 0 Å². The van der Waals surface area contributed by atoms with Gasteiger partial charge < -0.3 is 23.7 Å². The summed E-state index contributed by atoms with van der Waals surface area (Å²) >= 11 is 0. The zero-order chi connectivity index (χ0) is 40.0. The number of hydrogen-bond acceptors (Lipinski definition) is 10. The molecule has 0 aromatic carbocycles. The van der Waals surface area contributed by atoms with E-state index in [4.69, 9.17) is 14.2 Å². The van der Waals surface area contributed by atoms with Crippen LogP contribution in [0.15, 0.2) is 0 Å². The summed E-state index contributed by atoms with van der Waals surface area (Å²) in [4.78, 5) is 61.1. The second-order valence-corrected chi connectivity index (χ2v) is 16.4. The monoisotopic (exact) mass is 836 g/mol. The van der Waals surface area contributed by atoms with Gasteiger partial charge in [0.1, 0.15) is 18.8 Å². The summed E-state index contributed by atoms with van der Waals surface area (Å²) < 4.78 is 98.6. The highest BCUT2D eigenvalue weighted by atomic mass is 19.4.